The molecule has 0 radical (unpaired) electrons. The fraction of sp³-hybridized carbons (Fsp3) is 0.308. The molecule has 0 fully saturated rings. The summed E-state index contributed by atoms with van der Waals surface area (Å²) in [6.45, 7) is 4.11. The molecule has 0 aliphatic rings. The summed E-state index contributed by atoms with van der Waals surface area (Å²) in [5, 5.41) is 16.4. The number of aryl methyl sites for hydroxylation is 3. The predicted octanol–water partition coefficient (Wildman–Crippen LogP) is 2.81. The molecule has 0 bridgehead atoms. The van der Waals surface area contributed by atoms with E-state index in [4.69, 9.17) is 9.68 Å². The van der Waals surface area contributed by atoms with Gasteiger partial charge in [-0.25, -0.2) is 0 Å². The maximum absolute atomic E-state index is 8.48. The Morgan fingerprint density at radius 1 is 1.24 bits per heavy atom. The largest absolute Gasteiger partial charge is 0.421 e. The lowest BCUT2D eigenvalue weighted by atomic mass is 10.1. The number of benzene rings is 1. The summed E-state index contributed by atoms with van der Waals surface area (Å²) in [6.07, 6.45) is 0.906. The summed E-state index contributed by atoms with van der Waals surface area (Å²) in [6, 6.07) is 8.07. The molecule has 0 saturated heterocycles. The van der Waals surface area contributed by atoms with Gasteiger partial charge in [0.25, 0.3) is 0 Å². The molecular formula is C13H13N3O. The average Bonchev–Trinajstić information content (AvgIpc) is 2.79. The standard InChI is InChI=1S/C13H13N3O/c1-9-5-6-11(8-10(9)2)13-16-15-12(17-13)4-3-7-14/h5-6,8H,3-4H2,1-2H3. The number of rotatable bonds is 3. The molecule has 17 heavy (non-hydrogen) atoms. The molecular weight excluding hydrogens is 214 g/mol. The van der Waals surface area contributed by atoms with Crippen molar-refractivity contribution in [1.29, 1.82) is 5.26 Å². The minimum atomic E-state index is 0.397. The summed E-state index contributed by atoms with van der Waals surface area (Å²) in [5.41, 5.74) is 3.35. The van der Waals surface area contributed by atoms with Crippen LogP contribution in [-0.4, -0.2) is 10.2 Å². The number of hydrogen-bond acceptors (Lipinski definition) is 4. The Bertz CT molecular complexity index is 566. The molecule has 2 aromatic rings. The van der Waals surface area contributed by atoms with E-state index in [9.17, 15) is 0 Å². The van der Waals surface area contributed by atoms with E-state index in [0.717, 1.165) is 5.56 Å². The van der Waals surface area contributed by atoms with Gasteiger partial charge in [0.1, 0.15) is 0 Å². The van der Waals surface area contributed by atoms with Gasteiger partial charge in [-0.15, -0.1) is 10.2 Å². The van der Waals surface area contributed by atoms with Crippen LogP contribution >= 0.6 is 0 Å². The Kier molecular flexibility index (Phi) is 3.20. The zero-order valence-corrected chi connectivity index (χ0v) is 9.90. The highest BCUT2D eigenvalue weighted by Crippen LogP contribution is 2.21. The van der Waals surface area contributed by atoms with E-state index < -0.39 is 0 Å². The summed E-state index contributed by atoms with van der Waals surface area (Å²) in [5.74, 6) is 1.03. The van der Waals surface area contributed by atoms with Crippen LogP contribution in [0.5, 0.6) is 0 Å². The van der Waals surface area contributed by atoms with Gasteiger partial charge < -0.3 is 4.42 Å². The summed E-state index contributed by atoms with van der Waals surface area (Å²) >= 11 is 0. The lowest BCUT2D eigenvalue weighted by Gasteiger charge is -2.00. The van der Waals surface area contributed by atoms with Gasteiger partial charge in [0.2, 0.25) is 11.8 Å². The zero-order chi connectivity index (χ0) is 12.3. The maximum Gasteiger partial charge on any atom is 0.247 e. The smallest absolute Gasteiger partial charge is 0.247 e. The molecule has 4 heteroatoms. The molecule has 4 nitrogen and oxygen atoms in total. The van der Waals surface area contributed by atoms with Gasteiger partial charge in [-0.3, -0.25) is 0 Å². The fourth-order valence-electron chi connectivity index (χ4n) is 1.51. The first-order valence-electron chi connectivity index (χ1n) is 5.47. The van der Waals surface area contributed by atoms with Gasteiger partial charge in [-0.05, 0) is 37.1 Å². The van der Waals surface area contributed by atoms with Crippen LogP contribution in [0.1, 0.15) is 23.4 Å². The van der Waals surface area contributed by atoms with E-state index in [0.29, 0.717) is 24.6 Å². The van der Waals surface area contributed by atoms with Crippen LogP contribution in [-0.2, 0) is 6.42 Å². The summed E-state index contributed by atoms with van der Waals surface area (Å²) < 4.78 is 5.49. The van der Waals surface area contributed by atoms with Crippen LogP contribution in [0, 0.1) is 25.2 Å². The van der Waals surface area contributed by atoms with Gasteiger partial charge >= 0.3 is 0 Å². The van der Waals surface area contributed by atoms with Gasteiger partial charge in [0.05, 0.1) is 6.07 Å². The minimum absolute atomic E-state index is 0.397. The van der Waals surface area contributed by atoms with E-state index in [1.165, 1.54) is 11.1 Å². The van der Waals surface area contributed by atoms with E-state index in [2.05, 4.69) is 23.2 Å². The van der Waals surface area contributed by atoms with Crippen molar-refractivity contribution in [3.05, 3.63) is 35.2 Å². The van der Waals surface area contributed by atoms with Crippen molar-refractivity contribution in [2.75, 3.05) is 0 Å². The molecule has 0 aliphatic carbocycles. The predicted molar refractivity (Wildman–Crippen MR) is 63.1 cm³/mol. The lowest BCUT2D eigenvalue weighted by molar-refractivity contribution is 0.507. The topological polar surface area (TPSA) is 62.7 Å². The molecule has 0 spiro atoms. The molecule has 1 aromatic heterocycles. The van der Waals surface area contributed by atoms with Crippen LogP contribution in [0.2, 0.25) is 0 Å². The molecule has 0 saturated carbocycles. The molecule has 1 aromatic carbocycles. The number of nitriles is 1. The van der Waals surface area contributed by atoms with Gasteiger partial charge in [0.15, 0.2) is 0 Å². The molecule has 0 atom stereocenters. The number of aromatic nitrogens is 2. The van der Waals surface area contributed by atoms with Crippen LogP contribution in [0.25, 0.3) is 11.5 Å². The second-order valence-electron chi connectivity index (χ2n) is 3.96. The molecule has 86 valence electrons. The van der Waals surface area contributed by atoms with Gasteiger partial charge in [-0.2, -0.15) is 5.26 Å². The monoisotopic (exact) mass is 227 g/mol. The highest BCUT2D eigenvalue weighted by molar-refractivity contribution is 5.55. The van der Waals surface area contributed by atoms with Crippen LogP contribution in [0.3, 0.4) is 0 Å². The molecule has 2 rings (SSSR count). The second kappa shape index (κ2) is 4.79. The second-order valence-corrected chi connectivity index (χ2v) is 3.96. The highest BCUT2D eigenvalue weighted by atomic mass is 16.4. The highest BCUT2D eigenvalue weighted by Gasteiger charge is 2.08. The first-order chi connectivity index (χ1) is 8.20. The van der Waals surface area contributed by atoms with E-state index in [1.807, 2.05) is 25.1 Å². The Balaban J connectivity index is 2.25. The first kappa shape index (κ1) is 11.3. The zero-order valence-electron chi connectivity index (χ0n) is 9.90. The lowest BCUT2D eigenvalue weighted by Crippen LogP contribution is -1.83. The summed E-state index contributed by atoms with van der Waals surface area (Å²) in [4.78, 5) is 0. The molecule has 0 aliphatic heterocycles. The third-order valence-electron chi connectivity index (χ3n) is 2.67. The number of nitrogens with zero attached hydrogens (tertiary/aromatic N) is 3. The normalized spacial score (nSPS) is 10.2. The van der Waals surface area contributed by atoms with Crippen LogP contribution < -0.4 is 0 Å². The third-order valence-corrected chi connectivity index (χ3v) is 2.67. The first-order valence-corrected chi connectivity index (χ1v) is 5.47. The minimum Gasteiger partial charge on any atom is -0.421 e. The van der Waals surface area contributed by atoms with Crippen molar-refractivity contribution in [3.8, 4) is 17.5 Å². The van der Waals surface area contributed by atoms with Crippen molar-refractivity contribution in [1.82, 2.24) is 10.2 Å². The Morgan fingerprint density at radius 2 is 2.06 bits per heavy atom. The maximum atomic E-state index is 8.48. The van der Waals surface area contributed by atoms with Crippen molar-refractivity contribution < 1.29 is 4.42 Å². The van der Waals surface area contributed by atoms with Crippen molar-refractivity contribution >= 4 is 0 Å². The SMILES string of the molecule is Cc1ccc(-c2nnc(CCC#N)o2)cc1C. The van der Waals surface area contributed by atoms with Crippen LogP contribution in [0.4, 0.5) is 0 Å². The van der Waals surface area contributed by atoms with E-state index in [-0.39, 0.29) is 0 Å². The van der Waals surface area contributed by atoms with E-state index >= 15 is 0 Å². The van der Waals surface area contributed by atoms with Crippen LogP contribution in [0.15, 0.2) is 22.6 Å². The molecule has 0 amide bonds. The molecule has 1 heterocycles. The fourth-order valence-corrected chi connectivity index (χ4v) is 1.51. The number of hydrogen-bond donors (Lipinski definition) is 0. The third kappa shape index (κ3) is 2.51. The van der Waals surface area contributed by atoms with Gasteiger partial charge in [0, 0.05) is 18.4 Å². The Labute approximate surface area is 99.9 Å². The molecule has 0 unspecified atom stereocenters. The average molecular weight is 227 g/mol. The Morgan fingerprint density at radius 3 is 2.76 bits per heavy atom. The summed E-state index contributed by atoms with van der Waals surface area (Å²) in [7, 11) is 0. The van der Waals surface area contributed by atoms with Crippen molar-refractivity contribution in [3.63, 3.8) is 0 Å². The van der Waals surface area contributed by atoms with E-state index in [1.54, 1.807) is 0 Å². The van der Waals surface area contributed by atoms with Crippen molar-refractivity contribution in [2.24, 2.45) is 0 Å². The molecule has 0 N–H and O–H groups in total. The Hall–Kier alpha value is -2.15. The quantitative estimate of drug-likeness (QED) is 0.808. The van der Waals surface area contributed by atoms with Crippen molar-refractivity contribution in [2.45, 2.75) is 26.7 Å². The van der Waals surface area contributed by atoms with Gasteiger partial charge in [-0.1, -0.05) is 6.07 Å².